The van der Waals surface area contributed by atoms with Crippen LogP contribution in [0.3, 0.4) is 0 Å². The number of carboxylic acid groups (broad SMARTS) is 1. The van der Waals surface area contributed by atoms with Crippen LogP contribution in [-0.4, -0.2) is 54.5 Å². The zero-order valence-corrected chi connectivity index (χ0v) is 14.6. The number of ketones is 1. The molecule has 25 heavy (non-hydrogen) atoms. The number of rotatable bonds is 4. The summed E-state index contributed by atoms with van der Waals surface area (Å²) >= 11 is 0. The second kappa shape index (κ2) is 6.63. The summed E-state index contributed by atoms with van der Waals surface area (Å²) < 4.78 is 10.8. The molecule has 7 nitrogen and oxygen atoms in total. The van der Waals surface area contributed by atoms with Crippen molar-refractivity contribution in [2.45, 2.75) is 39.0 Å². The molecule has 0 bridgehead atoms. The lowest BCUT2D eigenvalue weighted by Gasteiger charge is -2.39. The summed E-state index contributed by atoms with van der Waals surface area (Å²) in [6.07, 6.45) is 2.90. The molecular formula is C18H23NO6. The molecule has 1 saturated heterocycles. The highest BCUT2D eigenvalue weighted by atomic mass is 16.5. The highest BCUT2D eigenvalue weighted by Gasteiger charge is 2.45. The van der Waals surface area contributed by atoms with Gasteiger partial charge in [0.25, 0.3) is 5.91 Å². The number of nitrogens with zero attached hydrogens (tertiary/aromatic N) is 1. The maximum Gasteiger partial charge on any atom is 0.313 e. The average molecular weight is 349 g/mol. The molecule has 2 aliphatic rings. The van der Waals surface area contributed by atoms with Gasteiger partial charge in [-0.3, -0.25) is 14.4 Å². The average Bonchev–Trinajstić information content (AvgIpc) is 2.92. The van der Waals surface area contributed by atoms with Crippen molar-refractivity contribution in [2.24, 2.45) is 5.41 Å². The maximum absolute atomic E-state index is 12.9. The lowest BCUT2D eigenvalue weighted by molar-refractivity contribution is -0.155. The van der Waals surface area contributed by atoms with Gasteiger partial charge in [0.15, 0.2) is 11.5 Å². The number of ether oxygens (including phenoxy) is 1. The zero-order chi connectivity index (χ0) is 18.2. The second-order valence-corrected chi connectivity index (χ2v) is 6.98. The van der Waals surface area contributed by atoms with Gasteiger partial charge >= 0.3 is 5.97 Å². The standard InChI is InChI=1S/C18H23NO6/c1-11-14-12(20)5-3-6-13(14)25-15(11)16(21)19-8-4-7-18(9-19,10-24-2)17(22)23/h3-10H2,1-2H3,(H,22,23). The Bertz CT molecular complexity index is 717. The lowest BCUT2D eigenvalue weighted by Crippen LogP contribution is -2.52. The normalized spacial score (nSPS) is 23.4. The van der Waals surface area contributed by atoms with Crippen molar-refractivity contribution in [2.75, 3.05) is 26.8 Å². The number of carbonyl (C=O) groups is 3. The summed E-state index contributed by atoms with van der Waals surface area (Å²) in [5, 5.41) is 9.63. The molecule has 0 spiro atoms. The van der Waals surface area contributed by atoms with Crippen molar-refractivity contribution in [3.8, 4) is 0 Å². The van der Waals surface area contributed by atoms with E-state index in [9.17, 15) is 19.5 Å². The van der Waals surface area contributed by atoms with Crippen LogP contribution in [0.25, 0.3) is 0 Å². The molecule has 0 radical (unpaired) electrons. The predicted molar refractivity (Wildman–Crippen MR) is 87.8 cm³/mol. The second-order valence-electron chi connectivity index (χ2n) is 6.98. The van der Waals surface area contributed by atoms with Crippen LogP contribution < -0.4 is 0 Å². The number of likely N-dealkylation sites (tertiary alicyclic amines) is 1. The van der Waals surface area contributed by atoms with Crippen molar-refractivity contribution in [1.29, 1.82) is 0 Å². The summed E-state index contributed by atoms with van der Waals surface area (Å²) in [6.45, 7) is 2.32. The molecule has 1 amide bonds. The Balaban J connectivity index is 1.88. The Morgan fingerprint density at radius 1 is 1.32 bits per heavy atom. The first-order chi connectivity index (χ1) is 11.9. The van der Waals surface area contributed by atoms with Crippen molar-refractivity contribution < 1.29 is 28.6 Å². The third kappa shape index (κ3) is 2.97. The van der Waals surface area contributed by atoms with E-state index in [1.165, 1.54) is 12.0 Å². The number of hydrogen-bond acceptors (Lipinski definition) is 5. The van der Waals surface area contributed by atoms with Crippen molar-refractivity contribution >= 4 is 17.7 Å². The molecule has 1 atom stereocenters. The molecule has 0 aromatic carbocycles. The number of fused-ring (bicyclic) bond motifs is 1. The molecule has 3 rings (SSSR count). The van der Waals surface area contributed by atoms with Crippen LogP contribution in [0, 0.1) is 12.3 Å². The Kier molecular flexibility index (Phi) is 4.69. The van der Waals surface area contributed by atoms with Gasteiger partial charge in [-0.15, -0.1) is 0 Å². The van der Waals surface area contributed by atoms with Gasteiger partial charge in [0.2, 0.25) is 0 Å². The van der Waals surface area contributed by atoms with Gasteiger partial charge in [-0.2, -0.15) is 0 Å². The maximum atomic E-state index is 12.9. The van der Waals surface area contributed by atoms with Gasteiger partial charge in [-0.25, -0.2) is 0 Å². The first-order valence-electron chi connectivity index (χ1n) is 8.56. The molecule has 1 N–H and O–H groups in total. The number of aliphatic carboxylic acids is 1. The van der Waals surface area contributed by atoms with E-state index in [2.05, 4.69) is 0 Å². The number of piperidine rings is 1. The first kappa shape index (κ1) is 17.7. The minimum atomic E-state index is -1.10. The highest BCUT2D eigenvalue weighted by Crippen LogP contribution is 2.34. The number of methoxy groups -OCH3 is 1. The SMILES string of the molecule is COCC1(C(=O)O)CCCN(C(=O)c2oc3c(c2C)C(=O)CCC3)C1. The Hall–Kier alpha value is -2.15. The number of hydrogen-bond donors (Lipinski definition) is 1. The summed E-state index contributed by atoms with van der Waals surface area (Å²) in [5.41, 5.74) is 0.00873. The number of aryl methyl sites for hydroxylation is 1. The Morgan fingerprint density at radius 2 is 2.08 bits per heavy atom. The van der Waals surface area contributed by atoms with Crippen molar-refractivity contribution in [3.63, 3.8) is 0 Å². The summed E-state index contributed by atoms with van der Waals surface area (Å²) in [7, 11) is 1.46. The van der Waals surface area contributed by atoms with E-state index in [0.717, 1.165) is 6.42 Å². The largest absolute Gasteiger partial charge is 0.481 e. The van der Waals surface area contributed by atoms with Crippen LogP contribution in [0.15, 0.2) is 4.42 Å². The van der Waals surface area contributed by atoms with Crippen LogP contribution in [0.5, 0.6) is 0 Å². The first-order valence-corrected chi connectivity index (χ1v) is 8.56. The number of carboxylic acids is 1. The number of furan rings is 1. The molecule has 1 aliphatic carbocycles. The fourth-order valence-corrected chi connectivity index (χ4v) is 3.93. The van der Waals surface area contributed by atoms with Crippen LogP contribution in [-0.2, 0) is 16.0 Å². The van der Waals surface area contributed by atoms with Crippen LogP contribution in [0.1, 0.15) is 57.9 Å². The van der Waals surface area contributed by atoms with Gasteiger partial charge < -0.3 is 19.2 Å². The molecule has 7 heteroatoms. The predicted octanol–water partition coefficient (Wildman–Crippen LogP) is 2.06. The zero-order valence-electron chi connectivity index (χ0n) is 14.6. The van der Waals surface area contributed by atoms with Crippen LogP contribution in [0.2, 0.25) is 0 Å². The monoisotopic (exact) mass is 349 g/mol. The van der Waals surface area contributed by atoms with Gasteiger partial charge in [0, 0.05) is 38.6 Å². The quantitative estimate of drug-likeness (QED) is 0.894. The van der Waals surface area contributed by atoms with Crippen LogP contribution in [0.4, 0.5) is 0 Å². The molecule has 0 saturated carbocycles. The van der Waals surface area contributed by atoms with Crippen LogP contribution >= 0.6 is 0 Å². The topological polar surface area (TPSA) is 97.1 Å². The number of carbonyl (C=O) groups excluding carboxylic acids is 2. The molecule has 2 heterocycles. The summed E-state index contributed by atoms with van der Waals surface area (Å²) in [4.78, 5) is 38.3. The highest BCUT2D eigenvalue weighted by molar-refractivity contribution is 6.03. The van der Waals surface area contributed by atoms with Gasteiger partial charge in [-0.1, -0.05) is 0 Å². The van der Waals surface area contributed by atoms with Crippen molar-refractivity contribution in [3.05, 3.63) is 22.6 Å². The smallest absolute Gasteiger partial charge is 0.313 e. The van der Waals surface area contributed by atoms with E-state index in [1.807, 2.05) is 0 Å². The Labute approximate surface area is 145 Å². The molecule has 1 fully saturated rings. The van der Waals surface area contributed by atoms with Gasteiger partial charge in [0.05, 0.1) is 12.2 Å². The number of amides is 1. The molecule has 1 aromatic rings. The van der Waals surface area contributed by atoms with Crippen molar-refractivity contribution in [1.82, 2.24) is 4.90 Å². The third-order valence-corrected chi connectivity index (χ3v) is 5.24. The summed E-state index contributed by atoms with van der Waals surface area (Å²) in [6, 6.07) is 0. The number of Topliss-reactive ketones (excluding diaryl/α,β-unsaturated/α-hetero) is 1. The Morgan fingerprint density at radius 3 is 2.72 bits per heavy atom. The van der Waals surface area contributed by atoms with Gasteiger partial charge in [-0.05, 0) is 26.2 Å². The molecular weight excluding hydrogens is 326 g/mol. The minimum Gasteiger partial charge on any atom is -0.481 e. The fraction of sp³-hybridized carbons (Fsp3) is 0.611. The van der Waals surface area contributed by atoms with E-state index >= 15 is 0 Å². The third-order valence-electron chi connectivity index (χ3n) is 5.24. The fourth-order valence-electron chi connectivity index (χ4n) is 3.93. The van der Waals surface area contributed by atoms with Gasteiger partial charge in [0.1, 0.15) is 11.2 Å². The van der Waals surface area contributed by atoms with E-state index in [1.54, 1.807) is 6.92 Å². The molecule has 1 unspecified atom stereocenters. The minimum absolute atomic E-state index is 0.0134. The van der Waals surface area contributed by atoms with E-state index in [-0.39, 0.29) is 30.6 Å². The lowest BCUT2D eigenvalue weighted by atomic mass is 9.80. The summed E-state index contributed by atoms with van der Waals surface area (Å²) in [5.74, 6) is -0.549. The molecule has 136 valence electrons. The van der Waals surface area contributed by atoms with E-state index < -0.39 is 11.4 Å². The molecule has 1 aromatic heterocycles. The molecule has 1 aliphatic heterocycles. The van der Waals surface area contributed by atoms with E-state index in [0.29, 0.717) is 49.1 Å². The van der Waals surface area contributed by atoms with E-state index in [4.69, 9.17) is 9.15 Å².